The molecule has 0 fully saturated rings. The van der Waals surface area contributed by atoms with Crippen LogP contribution < -0.4 is 4.74 Å². The van der Waals surface area contributed by atoms with Gasteiger partial charge in [-0.15, -0.1) is 0 Å². The van der Waals surface area contributed by atoms with Gasteiger partial charge < -0.3 is 19.4 Å². The monoisotopic (exact) mass is 435 g/mol. The molecule has 0 spiro atoms. The first-order valence-electron chi connectivity index (χ1n) is 10.0. The van der Waals surface area contributed by atoms with Crippen molar-refractivity contribution >= 4 is 28.3 Å². The molecule has 1 aliphatic carbocycles. The van der Waals surface area contributed by atoms with Crippen LogP contribution in [0.5, 0.6) is 11.8 Å². The third-order valence-corrected chi connectivity index (χ3v) is 5.75. The van der Waals surface area contributed by atoms with E-state index >= 15 is 8.78 Å². The molecule has 1 unspecified atom stereocenters. The van der Waals surface area contributed by atoms with Crippen LogP contribution in [0.25, 0.3) is 22.3 Å². The fourth-order valence-electron chi connectivity index (χ4n) is 4.07. The average molecular weight is 435 g/mol. The number of hydrogen-bond acceptors (Lipinski definition) is 3. The Kier molecular flexibility index (Phi) is 4.58. The van der Waals surface area contributed by atoms with Crippen molar-refractivity contribution in [3.05, 3.63) is 76.7 Å². The van der Waals surface area contributed by atoms with Gasteiger partial charge in [0.15, 0.2) is 5.83 Å². The highest BCUT2D eigenvalue weighted by Crippen LogP contribution is 2.40. The number of nitrogens with zero attached hydrogens (tertiary/aromatic N) is 2. The Morgan fingerprint density at radius 1 is 1.25 bits per heavy atom. The number of carbonyl (C=O) groups is 1. The number of carboxylic acids is 1. The maximum atomic E-state index is 15.4. The Balaban J connectivity index is 1.51. The maximum Gasteiger partial charge on any atom is 0.336 e. The molecular formula is C24H19F2N3O3. The summed E-state index contributed by atoms with van der Waals surface area (Å²) in [6.07, 6.45) is 0.272. The summed E-state index contributed by atoms with van der Waals surface area (Å²) in [4.78, 5) is 18.3. The lowest BCUT2D eigenvalue weighted by molar-refractivity contribution is 0.0695. The minimum absolute atomic E-state index is 0.00243. The van der Waals surface area contributed by atoms with Crippen molar-refractivity contribution in [2.24, 2.45) is 7.05 Å². The van der Waals surface area contributed by atoms with Gasteiger partial charge in [0.25, 0.3) is 6.01 Å². The Morgan fingerprint density at radius 2 is 2.06 bits per heavy atom. The molecule has 0 radical (unpaired) electrons. The van der Waals surface area contributed by atoms with Gasteiger partial charge >= 0.3 is 5.97 Å². The van der Waals surface area contributed by atoms with E-state index in [9.17, 15) is 9.90 Å². The molecule has 6 nitrogen and oxygen atoms in total. The number of nitrogens with one attached hydrogen (secondary N) is 1. The highest BCUT2D eigenvalue weighted by molar-refractivity contribution is 5.94. The van der Waals surface area contributed by atoms with Gasteiger partial charge in [0, 0.05) is 36.1 Å². The van der Waals surface area contributed by atoms with Crippen molar-refractivity contribution in [1.29, 1.82) is 0 Å². The highest BCUT2D eigenvalue weighted by Gasteiger charge is 2.32. The number of hydrogen-bond donors (Lipinski definition) is 2. The Hall–Kier alpha value is -3.94. The first-order chi connectivity index (χ1) is 15.3. The van der Waals surface area contributed by atoms with Crippen molar-refractivity contribution in [2.75, 3.05) is 0 Å². The van der Waals surface area contributed by atoms with E-state index in [2.05, 4.69) is 9.97 Å². The molecule has 8 heteroatoms. The van der Waals surface area contributed by atoms with Gasteiger partial charge in [-0.2, -0.15) is 4.98 Å². The van der Waals surface area contributed by atoms with Crippen LogP contribution in [0.4, 0.5) is 8.78 Å². The SMILES string of the molecule is Cc1ccc(Oc2nc3c([nH]2)CC(F)C(c2ccc4c(ccn4C)c2)=C3F)cc1C(=O)O. The number of rotatable bonds is 4. The number of halogens is 2. The first kappa shape index (κ1) is 20.0. The van der Waals surface area contributed by atoms with E-state index in [4.69, 9.17) is 4.74 Å². The maximum absolute atomic E-state index is 15.4. The summed E-state index contributed by atoms with van der Waals surface area (Å²) in [6, 6.07) is 11.7. The number of aromatic carboxylic acids is 1. The number of ether oxygens (including phenoxy) is 1. The van der Waals surface area contributed by atoms with Crippen LogP contribution in [0, 0.1) is 6.92 Å². The fourth-order valence-corrected chi connectivity index (χ4v) is 4.07. The highest BCUT2D eigenvalue weighted by atomic mass is 19.1. The van der Waals surface area contributed by atoms with Crippen LogP contribution >= 0.6 is 0 Å². The molecule has 0 bridgehead atoms. The fraction of sp³-hybridized carbons (Fsp3) is 0.167. The standard InChI is InChI=1S/C24H19F2N3O3/c1-12-3-5-15(10-16(12)23(30)31)32-24-27-18-11-17(25)20(21(26)22(18)28-24)14-4-6-19-13(9-14)7-8-29(19)2/h3-10,17H,11H2,1-2H3,(H,27,28)(H,30,31). The van der Waals surface area contributed by atoms with Crippen LogP contribution in [-0.2, 0) is 13.5 Å². The van der Waals surface area contributed by atoms with Crippen LogP contribution in [-0.4, -0.2) is 31.8 Å². The zero-order valence-corrected chi connectivity index (χ0v) is 17.3. The molecule has 4 aromatic rings. The molecule has 5 rings (SSSR count). The second-order valence-electron chi connectivity index (χ2n) is 7.85. The molecule has 2 aromatic carbocycles. The van der Waals surface area contributed by atoms with Gasteiger partial charge in [-0.05, 0) is 48.4 Å². The van der Waals surface area contributed by atoms with E-state index in [1.54, 1.807) is 31.2 Å². The smallest absolute Gasteiger partial charge is 0.336 e. The number of benzene rings is 2. The minimum atomic E-state index is -1.55. The van der Waals surface area contributed by atoms with Crippen molar-refractivity contribution < 1.29 is 23.4 Å². The summed E-state index contributed by atoms with van der Waals surface area (Å²) in [7, 11) is 1.91. The number of aromatic amines is 1. The number of alkyl halides is 1. The lowest BCUT2D eigenvalue weighted by Gasteiger charge is -2.19. The second kappa shape index (κ2) is 7.33. The molecular weight excluding hydrogens is 416 g/mol. The lowest BCUT2D eigenvalue weighted by Crippen LogP contribution is -2.15. The third-order valence-electron chi connectivity index (χ3n) is 5.75. The molecule has 2 N–H and O–H groups in total. The second-order valence-corrected chi connectivity index (χ2v) is 7.85. The number of fused-ring (bicyclic) bond motifs is 2. The average Bonchev–Trinajstić information content (AvgIpc) is 3.32. The van der Waals surface area contributed by atoms with E-state index in [1.807, 2.05) is 29.9 Å². The number of H-pyrrole nitrogens is 1. The minimum Gasteiger partial charge on any atom is -0.478 e. The van der Waals surface area contributed by atoms with E-state index < -0.39 is 18.0 Å². The predicted octanol–water partition coefficient (Wildman–Crippen LogP) is 5.43. The largest absolute Gasteiger partial charge is 0.478 e. The summed E-state index contributed by atoms with van der Waals surface area (Å²) < 4.78 is 38.0. The molecule has 162 valence electrons. The zero-order chi connectivity index (χ0) is 22.6. The van der Waals surface area contributed by atoms with E-state index in [0.29, 0.717) is 16.8 Å². The first-order valence-corrected chi connectivity index (χ1v) is 10.0. The number of imidazole rings is 1. The van der Waals surface area contributed by atoms with Gasteiger partial charge in [-0.25, -0.2) is 13.6 Å². The molecule has 0 saturated carbocycles. The van der Waals surface area contributed by atoms with E-state index in [0.717, 1.165) is 10.9 Å². The lowest BCUT2D eigenvalue weighted by atomic mass is 9.91. The Bertz CT molecular complexity index is 1420. The van der Waals surface area contributed by atoms with Crippen LogP contribution in [0.15, 0.2) is 48.7 Å². The third kappa shape index (κ3) is 3.24. The van der Waals surface area contributed by atoms with Crippen molar-refractivity contribution in [3.63, 3.8) is 0 Å². The quantitative estimate of drug-likeness (QED) is 0.448. The van der Waals surface area contributed by atoms with Gasteiger partial charge in [0.05, 0.1) is 11.3 Å². The number of aromatic nitrogens is 3. The predicted molar refractivity (Wildman–Crippen MR) is 116 cm³/mol. The van der Waals surface area contributed by atoms with Gasteiger partial charge in [0.2, 0.25) is 0 Å². The summed E-state index contributed by atoms with van der Waals surface area (Å²) >= 11 is 0. The summed E-state index contributed by atoms with van der Waals surface area (Å²) in [5.41, 5.74) is 2.36. The van der Waals surface area contributed by atoms with E-state index in [-0.39, 0.29) is 35.0 Å². The summed E-state index contributed by atoms with van der Waals surface area (Å²) in [6.45, 7) is 1.68. The molecule has 2 aromatic heterocycles. The van der Waals surface area contributed by atoms with Crippen LogP contribution in [0.1, 0.15) is 32.9 Å². The van der Waals surface area contributed by atoms with Gasteiger partial charge in [-0.3, -0.25) is 0 Å². The molecule has 1 aliphatic rings. The molecule has 0 saturated heterocycles. The van der Waals surface area contributed by atoms with Crippen molar-refractivity contribution in [1.82, 2.24) is 14.5 Å². The molecule has 0 amide bonds. The molecule has 2 heterocycles. The van der Waals surface area contributed by atoms with Crippen molar-refractivity contribution in [2.45, 2.75) is 19.5 Å². The number of aryl methyl sites for hydroxylation is 2. The Labute approximate surface area is 181 Å². The topological polar surface area (TPSA) is 80.1 Å². The van der Waals surface area contributed by atoms with Crippen molar-refractivity contribution in [3.8, 4) is 11.8 Å². The number of carboxylic acid groups (broad SMARTS) is 1. The molecule has 32 heavy (non-hydrogen) atoms. The Morgan fingerprint density at radius 3 is 2.84 bits per heavy atom. The zero-order valence-electron chi connectivity index (χ0n) is 17.3. The van der Waals surface area contributed by atoms with Gasteiger partial charge in [-0.1, -0.05) is 12.1 Å². The number of allylic oxidation sites excluding steroid dienone is 1. The van der Waals surface area contributed by atoms with Crippen LogP contribution in [0.3, 0.4) is 0 Å². The van der Waals surface area contributed by atoms with Crippen LogP contribution in [0.2, 0.25) is 0 Å². The summed E-state index contributed by atoms with van der Waals surface area (Å²) in [5, 5.41) is 10.2. The summed E-state index contributed by atoms with van der Waals surface area (Å²) in [5.74, 6) is -1.59. The van der Waals surface area contributed by atoms with Gasteiger partial charge in [0.1, 0.15) is 17.6 Å². The van der Waals surface area contributed by atoms with E-state index in [1.165, 1.54) is 6.07 Å². The normalized spacial score (nSPS) is 15.8. The molecule has 0 aliphatic heterocycles. The molecule has 1 atom stereocenters.